The number of carbonyl (C=O) groups is 1. The smallest absolute Gasteiger partial charge is 0.119 e. The third kappa shape index (κ3) is 6.72. The predicted octanol–water partition coefficient (Wildman–Crippen LogP) is 1.54. The molecule has 13 heavy (non-hydrogen) atoms. The summed E-state index contributed by atoms with van der Waals surface area (Å²) in [6.07, 6.45) is 4.98. The summed E-state index contributed by atoms with van der Waals surface area (Å²) in [7, 11) is 4.19. The normalized spacial score (nSPS) is 11.2. The molecule has 0 aromatic carbocycles. The van der Waals surface area contributed by atoms with Crippen LogP contribution in [-0.2, 0) is 4.79 Å². The Morgan fingerprint density at radius 2 is 1.69 bits per heavy atom. The molecule has 3 heteroatoms. The number of unbranched alkanes of at least 4 members (excludes halogenated alkanes) is 2. The molecule has 0 aliphatic heterocycles. The van der Waals surface area contributed by atoms with E-state index in [0.29, 0.717) is 6.42 Å². The van der Waals surface area contributed by atoms with Crippen LogP contribution in [0.1, 0.15) is 32.6 Å². The number of hydrogen-bond donors (Lipinski definition) is 0. The van der Waals surface area contributed by atoms with Crippen molar-refractivity contribution in [2.24, 2.45) is 0 Å². The number of rotatable bonds is 8. The summed E-state index contributed by atoms with van der Waals surface area (Å²) in [5.74, 6) is 0. The van der Waals surface area contributed by atoms with Gasteiger partial charge in [0.1, 0.15) is 6.29 Å². The summed E-state index contributed by atoms with van der Waals surface area (Å²) in [6, 6.07) is 0. The van der Waals surface area contributed by atoms with Crippen LogP contribution in [0.25, 0.3) is 0 Å². The lowest BCUT2D eigenvalue weighted by Crippen LogP contribution is -2.37. The summed E-state index contributed by atoms with van der Waals surface area (Å²) in [5, 5.41) is 4.44. The lowest BCUT2D eigenvalue weighted by atomic mass is 10.2. The van der Waals surface area contributed by atoms with E-state index in [4.69, 9.17) is 0 Å². The Hall–Kier alpha value is -0.410. The minimum absolute atomic E-state index is 0.700. The molecule has 0 atom stereocenters. The summed E-state index contributed by atoms with van der Waals surface area (Å²) < 4.78 is 0. The Kier molecular flexibility index (Phi) is 7.94. The highest BCUT2D eigenvalue weighted by Gasteiger charge is 2.02. The maximum atomic E-state index is 10.1. The first-order chi connectivity index (χ1) is 6.22. The second-order valence-electron chi connectivity index (χ2n) is 3.42. The SMILES string of the molecule is CCCN(C)N(C)CCCCC=O. The quantitative estimate of drug-likeness (QED) is 0.326. The van der Waals surface area contributed by atoms with Gasteiger partial charge in [-0.15, -0.1) is 0 Å². The molecule has 0 aliphatic carbocycles. The number of carbonyl (C=O) groups excluding carboxylic acids is 1. The van der Waals surface area contributed by atoms with Crippen molar-refractivity contribution in [3.05, 3.63) is 0 Å². The van der Waals surface area contributed by atoms with Crippen LogP contribution >= 0.6 is 0 Å². The fourth-order valence-corrected chi connectivity index (χ4v) is 1.23. The fraction of sp³-hybridized carbons (Fsp3) is 0.900. The van der Waals surface area contributed by atoms with Crippen LogP contribution in [0.3, 0.4) is 0 Å². The summed E-state index contributed by atoms with van der Waals surface area (Å²) in [6.45, 7) is 4.32. The lowest BCUT2D eigenvalue weighted by molar-refractivity contribution is -0.108. The highest BCUT2D eigenvalue weighted by atomic mass is 16.1. The van der Waals surface area contributed by atoms with E-state index in [9.17, 15) is 4.79 Å². The van der Waals surface area contributed by atoms with Crippen LogP contribution in [0.15, 0.2) is 0 Å². The van der Waals surface area contributed by atoms with Gasteiger partial charge in [-0.05, 0) is 19.3 Å². The highest BCUT2D eigenvalue weighted by Crippen LogP contribution is 1.98. The van der Waals surface area contributed by atoms with Crippen molar-refractivity contribution >= 4 is 6.29 Å². The Morgan fingerprint density at radius 3 is 2.23 bits per heavy atom. The van der Waals surface area contributed by atoms with Crippen LogP contribution in [0, 0.1) is 0 Å². The second-order valence-corrected chi connectivity index (χ2v) is 3.42. The molecule has 0 fully saturated rings. The average molecular weight is 186 g/mol. The van der Waals surface area contributed by atoms with E-state index in [1.165, 1.54) is 6.42 Å². The highest BCUT2D eigenvalue weighted by molar-refractivity contribution is 5.48. The molecule has 3 nitrogen and oxygen atoms in total. The van der Waals surface area contributed by atoms with E-state index in [1.807, 2.05) is 0 Å². The summed E-state index contributed by atoms with van der Waals surface area (Å²) in [4.78, 5) is 10.1. The van der Waals surface area contributed by atoms with E-state index in [1.54, 1.807) is 0 Å². The zero-order chi connectivity index (χ0) is 10.1. The molecule has 0 saturated heterocycles. The first-order valence-corrected chi connectivity index (χ1v) is 5.08. The Morgan fingerprint density at radius 1 is 1.08 bits per heavy atom. The van der Waals surface area contributed by atoms with Gasteiger partial charge in [0.05, 0.1) is 0 Å². The zero-order valence-corrected chi connectivity index (χ0v) is 9.12. The maximum absolute atomic E-state index is 10.1. The topological polar surface area (TPSA) is 23.6 Å². The fourth-order valence-electron chi connectivity index (χ4n) is 1.23. The average Bonchev–Trinajstić information content (AvgIpc) is 2.12. The van der Waals surface area contributed by atoms with Crippen molar-refractivity contribution in [3.63, 3.8) is 0 Å². The molecule has 0 aliphatic rings. The van der Waals surface area contributed by atoms with Gasteiger partial charge in [-0.2, -0.15) is 0 Å². The minimum Gasteiger partial charge on any atom is -0.303 e. The van der Waals surface area contributed by atoms with Crippen molar-refractivity contribution < 1.29 is 4.79 Å². The van der Waals surface area contributed by atoms with E-state index < -0.39 is 0 Å². The van der Waals surface area contributed by atoms with Crippen LogP contribution in [0.4, 0.5) is 0 Å². The van der Waals surface area contributed by atoms with Gasteiger partial charge in [0.25, 0.3) is 0 Å². The Balaban J connectivity index is 3.37. The van der Waals surface area contributed by atoms with E-state index in [2.05, 4.69) is 31.0 Å². The van der Waals surface area contributed by atoms with Crippen LogP contribution < -0.4 is 0 Å². The van der Waals surface area contributed by atoms with E-state index in [0.717, 1.165) is 32.2 Å². The largest absolute Gasteiger partial charge is 0.303 e. The van der Waals surface area contributed by atoms with Gasteiger partial charge in [0.2, 0.25) is 0 Å². The molecule has 0 aromatic heterocycles. The summed E-state index contributed by atoms with van der Waals surface area (Å²) in [5.41, 5.74) is 0. The predicted molar refractivity (Wildman–Crippen MR) is 55.5 cm³/mol. The molecular weight excluding hydrogens is 164 g/mol. The third-order valence-corrected chi connectivity index (χ3v) is 2.18. The maximum Gasteiger partial charge on any atom is 0.119 e. The number of aldehydes is 1. The second kappa shape index (κ2) is 8.20. The van der Waals surface area contributed by atoms with Crippen LogP contribution in [0.2, 0.25) is 0 Å². The molecule has 0 bridgehead atoms. The number of nitrogens with zero attached hydrogens (tertiary/aromatic N) is 2. The van der Waals surface area contributed by atoms with E-state index in [-0.39, 0.29) is 0 Å². The van der Waals surface area contributed by atoms with Gasteiger partial charge in [-0.25, -0.2) is 10.0 Å². The van der Waals surface area contributed by atoms with Gasteiger partial charge < -0.3 is 4.79 Å². The lowest BCUT2D eigenvalue weighted by Gasteiger charge is -2.27. The Labute approximate surface area is 81.7 Å². The molecule has 0 saturated carbocycles. The number of hydrogen-bond acceptors (Lipinski definition) is 3. The minimum atomic E-state index is 0.700. The molecule has 0 rings (SSSR count). The molecule has 0 heterocycles. The molecule has 0 aromatic rings. The van der Waals surface area contributed by atoms with Crippen LogP contribution in [0.5, 0.6) is 0 Å². The summed E-state index contributed by atoms with van der Waals surface area (Å²) >= 11 is 0. The standard InChI is InChI=1S/C10H22N2O/c1-4-8-11(2)12(3)9-6-5-7-10-13/h10H,4-9H2,1-3H3. The van der Waals surface area contributed by atoms with Gasteiger partial charge in [0.15, 0.2) is 0 Å². The first-order valence-electron chi connectivity index (χ1n) is 5.08. The monoisotopic (exact) mass is 186 g/mol. The third-order valence-electron chi connectivity index (χ3n) is 2.18. The van der Waals surface area contributed by atoms with Crippen molar-refractivity contribution in [1.82, 2.24) is 10.0 Å². The van der Waals surface area contributed by atoms with Crippen molar-refractivity contribution in [2.45, 2.75) is 32.6 Å². The van der Waals surface area contributed by atoms with Gasteiger partial charge in [-0.3, -0.25) is 0 Å². The van der Waals surface area contributed by atoms with Gasteiger partial charge >= 0.3 is 0 Å². The van der Waals surface area contributed by atoms with Crippen molar-refractivity contribution in [3.8, 4) is 0 Å². The van der Waals surface area contributed by atoms with Gasteiger partial charge in [-0.1, -0.05) is 6.92 Å². The molecular formula is C10H22N2O. The molecule has 0 N–H and O–H groups in total. The zero-order valence-electron chi connectivity index (χ0n) is 9.12. The van der Waals surface area contributed by atoms with Crippen LogP contribution in [-0.4, -0.2) is 43.5 Å². The molecule has 78 valence electrons. The molecule has 0 amide bonds. The van der Waals surface area contributed by atoms with E-state index >= 15 is 0 Å². The number of hydrazine groups is 1. The molecule has 0 unspecified atom stereocenters. The van der Waals surface area contributed by atoms with Crippen molar-refractivity contribution in [1.29, 1.82) is 0 Å². The molecule has 0 radical (unpaired) electrons. The van der Waals surface area contributed by atoms with Gasteiger partial charge in [0, 0.05) is 33.6 Å². The first kappa shape index (κ1) is 12.6. The molecule has 0 spiro atoms. The van der Waals surface area contributed by atoms with Crippen molar-refractivity contribution in [2.75, 3.05) is 27.2 Å². The Bertz CT molecular complexity index is 128.